The van der Waals surface area contributed by atoms with Crippen LogP contribution < -0.4 is 20.7 Å². The van der Waals surface area contributed by atoms with E-state index in [4.69, 9.17) is 4.74 Å². The fraction of sp³-hybridized carbons (Fsp3) is 0.611. The number of piperidine rings is 1. The van der Waals surface area contributed by atoms with Gasteiger partial charge in [0.25, 0.3) is 0 Å². The predicted molar refractivity (Wildman–Crippen MR) is 104 cm³/mol. The fourth-order valence-corrected chi connectivity index (χ4v) is 4.53. The molecule has 1 spiro atoms. The summed E-state index contributed by atoms with van der Waals surface area (Å²) in [7, 11) is -0.618. The zero-order chi connectivity index (χ0) is 19.5. The number of rotatable bonds is 8. The van der Waals surface area contributed by atoms with Crippen molar-refractivity contribution in [1.82, 2.24) is 10.0 Å². The van der Waals surface area contributed by atoms with E-state index in [9.17, 15) is 13.2 Å². The van der Waals surface area contributed by atoms with E-state index in [-0.39, 0.29) is 22.1 Å². The van der Waals surface area contributed by atoms with E-state index in [1.165, 1.54) is 19.2 Å². The minimum Gasteiger partial charge on any atom is -0.383 e. The molecule has 27 heavy (non-hydrogen) atoms. The molecule has 4 N–H and O–H groups in total. The quantitative estimate of drug-likeness (QED) is 0.488. The summed E-state index contributed by atoms with van der Waals surface area (Å²) in [6.45, 7) is 2.95. The molecule has 1 saturated carbocycles. The number of hydrogen-bond acceptors (Lipinski definition) is 6. The van der Waals surface area contributed by atoms with Crippen LogP contribution in [0.15, 0.2) is 23.1 Å². The first kappa shape index (κ1) is 20.1. The van der Waals surface area contributed by atoms with Crippen molar-refractivity contribution in [3.8, 4) is 0 Å². The largest absolute Gasteiger partial charge is 0.383 e. The molecular weight excluding hydrogens is 368 g/mol. The lowest BCUT2D eigenvalue weighted by Gasteiger charge is -2.23. The zero-order valence-corrected chi connectivity index (χ0v) is 16.6. The average molecular weight is 397 g/mol. The molecule has 8 nitrogen and oxygen atoms in total. The average Bonchev–Trinajstić information content (AvgIpc) is 3.36. The SMILES string of the molecule is CNS(=O)(=O)c1ccc(NCCOC)c(NC(=O)C2CC23CCNCC3)c1. The molecule has 9 heteroatoms. The minimum atomic E-state index is -3.59. The number of amides is 1. The van der Waals surface area contributed by atoms with Gasteiger partial charge in [0.1, 0.15) is 0 Å². The Bertz CT molecular complexity index is 791. The van der Waals surface area contributed by atoms with Crippen molar-refractivity contribution in [2.24, 2.45) is 11.3 Å². The molecule has 1 amide bonds. The highest BCUT2D eigenvalue weighted by molar-refractivity contribution is 7.89. The maximum Gasteiger partial charge on any atom is 0.240 e. The summed E-state index contributed by atoms with van der Waals surface area (Å²) in [4.78, 5) is 12.9. The van der Waals surface area contributed by atoms with E-state index in [2.05, 4.69) is 20.7 Å². The number of nitrogens with one attached hydrogen (secondary N) is 4. The Morgan fingerprint density at radius 2 is 2.04 bits per heavy atom. The third-order valence-corrected chi connectivity index (χ3v) is 6.97. The Labute approximate surface area is 160 Å². The van der Waals surface area contributed by atoms with Gasteiger partial charge in [-0.2, -0.15) is 0 Å². The van der Waals surface area contributed by atoms with Crippen LogP contribution in [0, 0.1) is 11.3 Å². The fourth-order valence-electron chi connectivity index (χ4n) is 3.77. The standard InChI is InChI=1S/C18H28N4O4S/c1-19-27(24,25)13-3-4-15(21-9-10-26-2)16(11-13)22-17(23)14-12-18(14)5-7-20-8-6-18/h3-4,11,14,19-21H,5-10,12H2,1-2H3,(H,22,23). The molecule has 1 atom stereocenters. The highest BCUT2D eigenvalue weighted by Gasteiger charge is 2.57. The number of carbonyl (C=O) groups excluding carboxylic acids is 1. The molecule has 1 aromatic rings. The van der Waals surface area contributed by atoms with Crippen LogP contribution in [0.2, 0.25) is 0 Å². The van der Waals surface area contributed by atoms with Gasteiger partial charge in [-0.25, -0.2) is 13.1 Å². The van der Waals surface area contributed by atoms with Gasteiger partial charge in [0.05, 0.1) is 22.9 Å². The molecule has 1 saturated heterocycles. The topological polar surface area (TPSA) is 109 Å². The molecule has 1 aliphatic heterocycles. The van der Waals surface area contributed by atoms with Gasteiger partial charge in [0.15, 0.2) is 0 Å². The molecule has 3 rings (SSSR count). The van der Waals surface area contributed by atoms with Crippen LogP contribution in [0.5, 0.6) is 0 Å². The summed E-state index contributed by atoms with van der Waals surface area (Å²) >= 11 is 0. The number of hydrogen-bond donors (Lipinski definition) is 4. The third-order valence-electron chi connectivity index (χ3n) is 5.56. The second kappa shape index (κ2) is 8.14. The van der Waals surface area contributed by atoms with Crippen LogP contribution in [0.3, 0.4) is 0 Å². The Kier molecular flexibility index (Phi) is 6.05. The molecule has 0 aromatic heterocycles. The molecule has 1 heterocycles. The van der Waals surface area contributed by atoms with Gasteiger partial charge in [-0.3, -0.25) is 4.79 Å². The van der Waals surface area contributed by atoms with Crippen molar-refractivity contribution in [1.29, 1.82) is 0 Å². The van der Waals surface area contributed by atoms with E-state index >= 15 is 0 Å². The van der Waals surface area contributed by atoms with E-state index in [0.29, 0.717) is 24.5 Å². The van der Waals surface area contributed by atoms with Crippen molar-refractivity contribution in [3.63, 3.8) is 0 Å². The molecule has 1 unspecified atom stereocenters. The summed E-state index contributed by atoms with van der Waals surface area (Å²) < 4.78 is 31.6. The van der Waals surface area contributed by atoms with E-state index < -0.39 is 10.0 Å². The Morgan fingerprint density at radius 3 is 2.70 bits per heavy atom. The van der Waals surface area contributed by atoms with Crippen LogP contribution >= 0.6 is 0 Å². The monoisotopic (exact) mass is 396 g/mol. The highest BCUT2D eigenvalue weighted by atomic mass is 32.2. The lowest BCUT2D eigenvalue weighted by Crippen LogP contribution is -2.31. The van der Waals surface area contributed by atoms with Crippen molar-refractivity contribution in [3.05, 3.63) is 18.2 Å². The lowest BCUT2D eigenvalue weighted by molar-refractivity contribution is -0.118. The Hall–Kier alpha value is -1.68. The number of ether oxygens (including phenoxy) is 1. The number of sulfonamides is 1. The van der Waals surface area contributed by atoms with Gasteiger partial charge in [-0.15, -0.1) is 0 Å². The van der Waals surface area contributed by atoms with Crippen molar-refractivity contribution in [2.75, 3.05) is 51.0 Å². The summed E-state index contributed by atoms with van der Waals surface area (Å²) in [6.07, 6.45) is 2.93. The molecule has 1 aliphatic carbocycles. The van der Waals surface area contributed by atoms with Gasteiger partial charge in [0.2, 0.25) is 15.9 Å². The summed E-state index contributed by atoms with van der Waals surface area (Å²) in [5.74, 6) is -0.0401. The summed E-state index contributed by atoms with van der Waals surface area (Å²) in [5, 5.41) is 9.46. The van der Waals surface area contributed by atoms with Crippen LogP contribution in [-0.4, -0.2) is 54.7 Å². The van der Waals surface area contributed by atoms with Gasteiger partial charge < -0.3 is 20.7 Å². The van der Waals surface area contributed by atoms with E-state index in [1.807, 2.05) is 0 Å². The number of anilines is 2. The smallest absolute Gasteiger partial charge is 0.240 e. The van der Waals surface area contributed by atoms with Crippen molar-refractivity contribution in [2.45, 2.75) is 24.2 Å². The number of methoxy groups -OCH3 is 1. The van der Waals surface area contributed by atoms with Crippen molar-refractivity contribution < 1.29 is 17.9 Å². The molecule has 2 fully saturated rings. The zero-order valence-electron chi connectivity index (χ0n) is 15.8. The Morgan fingerprint density at radius 1 is 1.30 bits per heavy atom. The first-order chi connectivity index (χ1) is 12.9. The number of carbonyl (C=O) groups is 1. The molecule has 0 radical (unpaired) electrons. The van der Waals surface area contributed by atoms with Crippen LogP contribution in [0.4, 0.5) is 11.4 Å². The first-order valence-electron chi connectivity index (χ1n) is 9.24. The summed E-state index contributed by atoms with van der Waals surface area (Å²) in [5.41, 5.74) is 1.27. The number of benzene rings is 1. The van der Waals surface area contributed by atoms with Crippen molar-refractivity contribution >= 4 is 27.3 Å². The van der Waals surface area contributed by atoms with Gasteiger partial charge in [-0.1, -0.05) is 0 Å². The maximum absolute atomic E-state index is 12.8. The maximum atomic E-state index is 12.8. The lowest BCUT2D eigenvalue weighted by atomic mass is 9.92. The second-order valence-corrected chi connectivity index (χ2v) is 9.08. The molecule has 1 aromatic carbocycles. The van der Waals surface area contributed by atoms with Crippen LogP contribution in [0.25, 0.3) is 0 Å². The molecular formula is C18H28N4O4S. The second-order valence-electron chi connectivity index (χ2n) is 7.19. The van der Waals surface area contributed by atoms with E-state index in [1.54, 1.807) is 13.2 Å². The first-order valence-corrected chi connectivity index (χ1v) is 10.7. The normalized spacial score (nSPS) is 21.0. The predicted octanol–water partition coefficient (Wildman–Crippen LogP) is 0.981. The molecule has 0 bridgehead atoms. The molecule has 2 aliphatic rings. The Balaban J connectivity index is 1.78. The van der Waals surface area contributed by atoms with Crippen LogP contribution in [0.1, 0.15) is 19.3 Å². The molecule has 150 valence electrons. The van der Waals surface area contributed by atoms with Crippen LogP contribution in [-0.2, 0) is 19.6 Å². The van der Waals surface area contributed by atoms with Gasteiger partial charge in [-0.05, 0) is 63.0 Å². The third kappa shape index (κ3) is 4.43. The van der Waals surface area contributed by atoms with E-state index in [0.717, 1.165) is 32.4 Å². The summed E-state index contributed by atoms with van der Waals surface area (Å²) in [6, 6.07) is 4.68. The highest BCUT2D eigenvalue weighted by Crippen LogP contribution is 2.58. The van der Waals surface area contributed by atoms with Gasteiger partial charge in [0, 0.05) is 19.6 Å². The van der Waals surface area contributed by atoms with Gasteiger partial charge >= 0.3 is 0 Å². The minimum absolute atomic E-state index is 0.00371.